The predicted octanol–water partition coefficient (Wildman–Crippen LogP) is 1.54. The van der Waals surface area contributed by atoms with Gasteiger partial charge in [0, 0.05) is 12.1 Å². The van der Waals surface area contributed by atoms with E-state index in [9.17, 15) is 4.79 Å². The quantitative estimate of drug-likeness (QED) is 0.844. The van der Waals surface area contributed by atoms with Crippen LogP contribution in [0, 0.1) is 0 Å². The summed E-state index contributed by atoms with van der Waals surface area (Å²) in [5, 5.41) is 0. The predicted molar refractivity (Wildman–Crippen MR) is 67.2 cm³/mol. The van der Waals surface area contributed by atoms with Crippen LogP contribution in [0.2, 0.25) is 0 Å². The van der Waals surface area contributed by atoms with Crippen molar-refractivity contribution in [3.63, 3.8) is 0 Å². The Morgan fingerprint density at radius 2 is 2.12 bits per heavy atom. The summed E-state index contributed by atoms with van der Waals surface area (Å²) in [6.45, 7) is 4.74. The van der Waals surface area contributed by atoms with Crippen molar-refractivity contribution in [1.82, 2.24) is 0 Å². The van der Waals surface area contributed by atoms with Crippen molar-refractivity contribution >= 4 is 11.6 Å². The molecule has 0 fully saturated rings. The first kappa shape index (κ1) is 11.9. The Hall–Kier alpha value is -1.55. The Bertz CT molecular complexity index is 424. The molecule has 1 aromatic rings. The highest BCUT2D eigenvalue weighted by Crippen LogP contribution is 2.31. The van der Waals surface area contributed by atoms with Crippen LogP contribution in [0.25, 0.3) is 0 Å². The van der Waals surface area contributed by atoms with Crippen molar-refractivity contribution < 1.29 is 9.53 Å². The number of anilines is 1. The van der Waals surface area contributed by atoms with Crippen molar-refractivity contribution in [3.05, 3.63) is 24.3 Å². The molecule has 1 aromatic carbocycles. The lowest BCUT2D eigenvalue weighted by Gasteiger charge is -2.29. The molecule has 0 aromatic heterocycles. The number of para-hydroxylation sites is 2. The van der Waals surface area contributed by atoms with Crippen molar-refractivity contribution in [2.24, 2.45) is 5.73 Å². The molecule has 1 amide bonds. The van der Waals surface area contributed by atoms with Crippen LogP contribution in [-0.4, -0.2) is 24.6 Å². The van der Waals surface area contributed by atoms with Crippen molar-refractivity contribution in [3.8, 4) is 5.75 Å². The number of fused-ring (bicyclic) bond motifs is 1. The van der Waals surface area contributed by atoms with Crippen LogP contribution in [0.15, 0.2) is 24.3 Å². The molecule has 0 atom stereocenters. The van der Waals surface area contributed by atoms with Crippen LogP contribution in [0.5, 0.6) is 5.75 Å². The largest absolute Gasteiger partial charge is 0.491 e. The zero-order chi connectivity index (χ0) is 12.5. The molecule has 4 nitrogen and oxygen atoms in total. The van der Waals surface area contributed by atoms with Crippen molar-refractivity contribution in [2.45, 2.75) is 25.8 Å². The number of hydrogen-bond acceptors (Lipinski definition) is 3. The van der Waals surface area contributed by atoms with Crippen LogP contribution in [0.3, 0.4) is 0 Å². The van der Waals surface area contributed by atoms with Gasteiger partial charge in [0.15, 0.2) is 0 Å². The van der Waals surface area contributed by atoms with E-state index in [1.807, 2.05) is 38.1 Å². The first-order chi connectivity index (χ1) is 7.97. The highest BCUT2D eigenvalue weighted by Gasteiger charge is 2.27. The molecule has 4 heteroatoms. The van der Waals surface area contributed by atoms with Crippen molar-refractivity contribution in [2.75, 3.05) is 18.1 Å². The van der Waals surface area contributed by atoms with Crippen LogP contribution in [-0.2, 0) is 4.79 Å². The average Bonchev–Trinajstić information content (AvgIpc) is 2.38. The molecule has 2 N–H and O–H groups in total. The molecule has 1 aliphatic heterocycles. The number of hydrogen-bond donors (Lipinski definition) is 1. The molecule has 0 bridgehead atoms. The summed E-state index contributed by atoms with van der Waals surface area (Å²) in [4.78, 5) is 13.8. The lowest BCUT2D eigenvalue weighted by atomic mass is 10.1. The minimum absolute atomic E-state index is 0.0634. The Morgan fingerprint density at radius 3 is 2.82 bits per heavy atom. The minimum atomic E-state index is -0.424. The van der Waals surface area contributed by atoms with Crippen molar-refractivity contribution in [1.29, 1.82) is 0 Å². The number of carbonyl (C=O) groups is 1. The third-order valence-electron chi connectivity index (χ3n) is 2.60. The maximum Gasteiger partial charge on any atom is 0.230 e. The average molecular weight is 234 g/mol. The van der Waals surface area contributed by atoms with Gasteiger partial charge in [0.1, 0.15) is 5.75 Å². The standard InChI is InChI=1S/C13H18N2O2/c1-13(2,14)9-15-10-5-3-4-6-11(10)17-8-7-12(15)16/h3-6H,7-9,14H2,1-2H3. The van der Waals surface area contributed by atoms with Crippen LogP contribution in [0.4, 0.5) is 5.69 Å². The van der Waals surface area contributed by atoms with E-state index >= 15 is 0 Å². The third kappa shape index (κ3) is 2.77. The van der Waals surface area contributed by atoms with E-state index in [2.05, 4.69) is 0 Å². The molecule has 0 spiro atoms. The molecule has 0 unspecified atom stereocenters. The Morgan fingerprint density at radius 1 is 1.41 bits per heavy atom. The number of nitrogens with zero attached hydrogens (tertiary/aromatic N) is 1. The molecular weight excluding hydrogens is 216 g/mol. The molecule has 2 rings (SSSR count). The highest BCUT2D eigenvalue weighted by atomic mass is 16.5. The number of nitrogens with two attached hydrogens (primary N) is 1. The monoisotopic (exact) mass is 234 g/mol. The third-order valence-corrected chi connectivity index (χ3v) is 2.60. The zero-order valence-corrected chi connectivity index (χ0v) is 10.3. The second-order valence-electron chi connectivity index (χ2n) is 5.03. The molecule has 1 heterocycles. The van der Waals surface area contributed by atoms with E-state index in [0.717, 1.165) is 11.4 Å². The van der Waals surface area contributed by atoms with Gasteiger partial charge in [-0.1, -0.05) is 12.1 Å². The van der Waals surface area contributed by atoms with Crippen LogP contribution in [0.1, 0.15) is 20.3 Å². The van der Waals surface area contributed by atoms with Gasteiger partial charge in [-0.15, -0.1) is 0 Å². The molecule has 0 aliphatic carbocycles. The van der Waals surface area contributed by atoms with Crippen LogP contribution < -0.4 is 15.4 Å². The normalized spacial score (nSPS) is 16.2. The second-order valence-corrected chi connectivity index (χ2v) is 5.03. The maximum absolute atomic E-state index is 12.0. The highest BCUT2D eigenvalue weighted by molar-refractivity contribution is 5.95. The first-order valence-corrected chi connectivity index (χ1v) is 5.78. The van der Waals surface area contributed by atoms with E-state index in [1.54, 1.807) is 4.90 Å². The SMILES string of the molecule is CC(C)(N)CN1C(=O)CCOc2ccccc21. The summed E-state index contributed by atoms with van der Waals surface area (Å²) >= 11 is 0. The van der Waals surface area contributed by atoms with Gasteiger partial charge < -0.3 is 15.4 Å². The smallest absolute Gasteiger partial charge is 0.230 e. The lowest BCUT2D eigenvalue weighted by Crippen LogP contribution is -2.47. The minimum Gasteiger partial charge on any atom is -0.491 e. The summed E-state index contributed by atoms with van der Waals surface area (Å²) in [7, 11) is 0. The van der Waals surface area contributed by atoms with E-state index in [1.165, 1.54) is 0 Å². The van der Waals surface area contributed by atoms with Gasteiger partial charge in [0.2, 0.25) is 5.91 Å². The fourth-order valence-corrected chi connectivity index (χ4v) is 1.90. The number of amides is 1. The van der Waals surface area contributed by atoms with Gasteiger partial charge in [-0.3, -0.25) is 4.79 Å². The second kappa shape index (κ2) is 4.37. The molecule has 17 heavy (non-hydrogen) atoms. The molecular formula is C13H18N2O2. The summed E-state index contributed by atoms with van der Waals surface area (Å²) in [5.74, 6) is 0.816. The van der Waals surface area contributed by atoms with Gasteiger partial charge in [-0.05, 0) is 26.0 Å². The fraction of sp³-hybridized carbons (Fsp3) is 0.462. The molecule has 0 saturated heterocycles. The topological polar surface area (TPSA) is 55.6 Å². The summed E-state index contributed by atoms with van der Waals surface area (Å²) in [5.41, 5.74) is 6.39. The number of carbonyl (C=O) groups excluding carboxylic acids is 1. The van der Waals surface area contributed by atoms with Gasteiger partial charge in [-0.2, -0.15) is 0 Å². The fourth-order valence-electron chi connectivity index (χ4n) is 1.90. The number of ether oxygens (including phenoxy) is 1. The first-order valence-electron chi connectivity index (χ1n) is 5.78. The van der Waals surface area contributed by atoms with Gasteiger partial charge in [0.05, 0.1) is 18.7 Å². The number of benzene rings is 1. The molecule has 92 valence electrons. The molecule has 0 saturated carbocycles. The number of rotatable bonds is 2. The lowest BCUT2D eigenvalue weighted by molar-refractivity contribution is -0.119. The Labute approximate surface area is 101 Å². The van der Waals surface area contributed by atoms with Crippen LogP contribution >= 0.6 is 0 Å². The maximum atomic E-state index is 12.0. The summed E-state index contributed by atoms with van der Waals surface area (Å²) in [6.07, 6.45) is 0.394. The van der Waals surface area contributed by atoms with E-state index in [0.29, 0.717) is 19.6 Å². The Kier molecular flexibility index (Phi) is 3.07. The van der Waals surface area contributed by atoms with Gasteiger partial charge in [0.25, 0.3) is 0 Å². The molecule has 1 aliphatic rings. The van der Waals surface area contributed by atoms with Gasteiger partial charge in [-0.25, -0.2) is 0 Å². The summed E-state index contributed by atoms with van der Waals surface area (Å²) in [6, 6.07) is 7.58. The molecule has 0 radical (unpaired) electrons. The zero-order valence-electron chi connectivity index (χ0n) is 10.3. The van der Waals surface area contributed by atoms with E-state index in [-0.39, 0.29) is 5.91 Å². The Balaban J connectivity index is 2.37. The summed E-state index contributed by atoms with van der Waals surface area (Å²) < 4.78 is 5.56. The van der Waals surface area contributed by atoms with E-state index < -0.39 is 5.54 Å². The van der Waals surface area contributed by atoms with E-state index in [4.69, 9.17) is 10.5 Å². The van der Waals surface area contributed by atoms with Gasteiger partial charge >= 0.3 is 0 Å².